The standard InChI is InChI=1S/C21H21N3O3S/c1-15-7-9-16(10-8-15)13-24-11-12-28-21(24)23-19(25)14-27-20(26)17-5-3-4-6-18(17)22-2/h3-12,22H,13-14H2,1-2H3. The number of nitrogens with zero attached hydrogens (tertiary/aromatic N) is 2. The summed E-state index contributed by atoms with van der Waals surface area (Å²) in [5.41, 5.74) is 3.34. The summed E-state index contributed by atoms with van der Waals surface area (Å²) in [6.07, 6.45) is 1.88. The molecule has 144 valence electrons. The second-order valence-electron chi connectivity index (χ2n) is 6.18. The van der Waals surface area contributed by atoms with E-state index in [0.717, 1.165) is 5.56 Å². The molecular weight excluding hydrogens is 374 g/mol. The second kappa shape index (κ2) is 9.14. The first-order valence-corrected chi connectivity index (χ1v) is 9.65. The predicted molar refractivity (Wildman–Crippen MR) is 109 cm³/mol. The average molecular weight is 395 g/mol. The topological polar surface area (TPSA) is 72.7 Å². The summed E-state index contributed by atoms with van der Waals surface area (Å²) in [6, 6.07) is 15.2. The van der Waals surface area contributed by atoms with Crippen LogP contribution >= 0.6 is 11.3 Å². The molecule has 1 aromatic heterocycles. The van der Waals surface area contributed by atoms with Crippen LogP contribution in [0.3, 0.4) is 0 Å². The van der Waals surface area contributed by atoms with E-state index in [2.05, 4.69) is 10.3 Å². The van der Waals surface area contributed by atoms with Crippen LogP contribution in [0.4, 0.5) is 5.69 Å². The zero-order valence-corrected chi connectivity index (χ0v) is 16.5. The molecule has 1 heterocycles. The van der Waals surface area contributed by atoms with Crippen molar-refractivity contribution in [3.05, 3.63) is 81.6 Å². The van der Waals surface area contributed by atoms with E-state index in [1.54, 1.807) is 25.2 Å². The summed E-state index contributed by atoms with van der Waals surface area (Å²) >= 11 is 1.36. The van der Waals surface area contributed by atoms with Gasteiger partial charge in [-0.15, -0.1) is 11.3 Å². The highest BCUT2D eigenvalue weighted by Crippen LogP contribution is 2.15. The molecule has 0 saturated heterocycles. The van der Waals surface area contributed by atoms with Crippen LogP contribution in [0, 0.1) is 6.92 Å². The largest absolute Gasteiger partial charge is 0.452 e. The molecule has 28 heavy (non-hydrogen) atoms. The van der Waals surface area contributed by atoms with Crippen LogP contribution in [-0.4, -0.2) is 30.1 Å². The fourth-order valence-corrected chi connectivity index (χ4v) is 3.37. The van der Waals surface area contributed by atoms with E-state index in [1.165, 1.54) is 16.9 Å². The van der Waals surface area contributed by atoms with Crippen molar-refractivity contribution in [3.63, 3.8) is 0 Å². The first-order chi connectivity index (χ1) is 13.6. The van der Waals surface area contributed by atoms with Gasteiger partial charge in [-0.25, -0.2) is 4.79 Å². The van der Waals surface area contributed by atoms with Gasteiger partial charge in [0.15, 0.2) is 11.4 Å². The Morgan fingerprint density at radius 1 is 1.14 bits per heavy atom. The minimum Gasteiger partial charge on any atom is -0.452 e. The lowest BCUT2D eigenvalue weighted by Crippen LogP contribution is -2.20. The van der Waals surface area contributed by atoms with E-state index in [4.69, 9.17) is 4.74 Å². The molecule has 0 fully saturated rings. The average Bonchev–Trinajstić information content (AvgIpc) is 3.14. The van der Waals surface area contributed by atoms with Crippen LogP contribution in [0.2, 0.25) is 0 Å². The van der Waals surface area contributed by atoms with Crippen LogP contribution in [0.1, 0.15) is 21.5 Å². The van der Waals surface area contributed by atoms with Crippen LogP contribution in [-0.2, 0) is 16.1 Å². The van der Waals surface area contributed by atoms with E-state index in [1.807, 2.05) is 53.4 Å². The lowest BCUT2D eigenvalue weighted by Gasteiger charge is -2.07. The fourth-order valence-electron chi connectivity index (χ4n) is 2.62. The SMILES string of the molecule is CNc1ccccc1C(=O)OCC(=O)N=c1sccn1Cc1ccc(C)cc1. The number of benzene rings is 2. The molecule has 7 heteroatoms. The number of carbonyl (C=O) groups excluding carboxylic acids is 2. The van der Waals surface area contributed by atoms with Crippen LogP contribution in [0.25, 0.3) is 0 Å². The molecule has 0 aliphatic rings. The van der Waals surface area contributed by atoms with Gasteiger partial charge in [-0.1, -0.05) is 42.0 Å². The molecule has 0 spiro atoms. The summed E-state index contributed by atoms with van der Waals surface area (Å²) in [5.74, 6) is -1.07. The number of thiazole rings is 1. The first-order valence-electron chi connectivity index (χ1n) is 8.78. The first kappa shape index (κ1) is 19.6. The Morgan fingerprint density at radius 3 is 2.64 bits per heavy atom. The van der Waals surface area contributed by atoms with Gasteiger partial charge >= 0.3 is 5.97 Å². The molecule has 1 amide bonds. The molecule has 0 atom stereocenters. The van der Waals surface area contributed by atoms with E-state index in [-0.39, 0.29) is 0 Å². The maximum Gasteiger partial charge on any atom is 0.340 e. The van der Waals surface area contributed by atoms with Crippen LogP contribution in [0.15, 0.2) is 65.1 Å². The summed E-state index contributed by atoms with van der Waals surface area (Å²) < 4.78 is 7.02. The van der Waals surface area contributed by atoms with E-state index in [0.29, 0.717) is 22.6 Å². The highest BCUT2D eigenvalue weighted by molar-refractivity contribution is 7.07. The summed E-state index contributed by atoms with van der Waals surface area (Å²) in [4.78, 5) is 29.0. The van der Waals surface area contributed by atoms with Gasteiger partial charge in [-0.2, -0.15) is 4.99 Å². The van der Waals surface area contributed by atoms with Crippen molar-refractivity contribution < 1.29 is 14.3 Å². The minimum atomic E-state index is -0.563. The molecule has 0 unspecified atom stereocenters. The quantitative estimate of drug-likeness (QED) is 0.651. The van der Waals surface area contributed by atoms with Crippen molar-refractivity contribution in [2.45, 2.75) is 13.5 Å². The minimum absolute atomic E-state index is 0.378. The molecule has 3 aromatic rings. The maximum absolute atomic E-state index is 12.2. The number of esters is 1. The lowest BCUT2D eigenvalue weighted by molar-refractivity contribution is -0.121. The van der Waals surface area contributed by atoms with Gasteiger partial charge in [0.1, 0.15) is 0 Å². The maximum atomic E-state index is 12.2. The van der Waals surface area contributed by atoms with Gasteiger partial charge in [0.05, 0.1) is 5.56 Å². The van der Waals surface area contributed by atoms with Crippen LogP contribution < -0.4 is 10.1 Å². The second-order valence-corrected chi connectivity index (χ2v) is 7.05. The molecule has 0 aliphatic carbocycles. The van der Waals surface area contributed by atoms with Crippen molar-refractivity contribution in [3.8, 4) is 0 Å². The monoisotopic (exact) mass is 395 g/mol. The molecule has 0 bridgehead atoms. The van der Waals surface area contributed by atoms with Crippen molar-refractivity contribution in [2.75, 3.05) is 19.0 Å². The van der Waals surface area contributed by atoms with E-state index < -0.39 is 18.5 Å². The summed E-state index contributed by atoms with van der Waals surface area (Å²) in [6.45, 7) is 2.25. The summed E-state index contributed by atoms with van der Waals surface area (Å²) in [5, 5.41) is 4.79. The fraction of sp³-hybridized carbons (Fsp3) is 0.190. The Morgan fingerprint density at radius 2 is 1.89 bits per heavy atom. The zero-order chi connectivity index (χ0) is 19.9. The molecule has 3 rings (SSSR count). The van der Waals surface area contributed by atoms with E-state index in [9.17, 15) is 9.59 Å². The smallest absolute Gasteiger partial charge is 0.340 e. The normalized spacial score (nSPS) is 11.3. The number of para-hydroxylation sites is 1. The Labute approximate surface area is 167 Å². The third-order valence-corrected chi connectivity index (χ3v) is 4.89. The van der Waals surface area contributed by atoms with Gasteiger partial charge in [-0.3, -0.25) is 4.79 Å². The Bertz CT molecular complexity index is 1040. The number of ether oxygens (including phenoxy) is 1. The van der Waals surface area contributed by atoms with Gasteiger partial charge < -0.3 is 14.6 Å². The number of hydrogen-bond acceptors (Lipinski definition) is 5. The Kier molecular flexibility index (Phi) is 6.39. The van der Waals surface area contributed by atoms with Gasteiger partial charge in [-0.05, 0) is 24.6 Å². The molecule has 6 nitrogen and oxygen atoms in total. The number of aromatic nitrogens is 1. The third-order valence-electron chi connectivity index (χ3n) is 4.10. The van der Waals surface area contributed by atoms with E-state index >= 15 is 0 Å². The zero-order valence-electron chi connectivity index (χ0n) is 15.7. The molecule has 1 N–H and O–H groups in total. The number of amides is 1. The number of nitrogens with one attached hydrogen (secondary N) is 1. The number of aryl methyl sites for hydroxylation is 1. The lowest BCUT2D eigenvalue weighted by atomic mass is 10.1. The molecule has 0 radical (unpaired) electrons. The number of carbonyl (C=O) groups is 2. The van der Waals surface area contributed by atoms with Crippen LogP contribution in [0.5, 0.6) is 0 Å². The van der Waals surface area contributed by atoms with Crippen molar-refractivity contribution >= 4 is 28.9 Å². The van der Waals surface area contributed by atoms with Gasteiger partial charge in [0.25, 0.3) is 5.91 Å². The van der Waals surface area contributed by atoms with Gasteiger partial charge in [0.2, 0.25) is 0 Å². The molecule has 0 saturated carbocycles. The van der Waals surface area contributed by atoms with Crippen molar-refractivity contribution in [1.82, 2.24) is 4.57 Å². The Balaban J connectivity index is 1.66. The molecule has 2 aromatic carbocycles. The van der Waals surface area contributed by atoms with Crippen molar-refractivity contribution in [1.29, 1.82) is 0 Å². The predicted octanol–water partition coefficient (Wildman–Crippen LogP) is 3.23. The van der Waals surface area contributed by atoms with Crippen molar-refractivity contribution in [2.24, 2.45) is 4.99 Å². The highest BCUT2D eigenvalue weighted by atomic mass is 32.1. The highest BCUT2D eigenvalue weighted by Gasteiger charge is 2.13. The third kappa shape index (κ3) is 4.95. The summed E-state index contributed by atoms with van der Waals surface area (Å²) in [7, 11) is 1.72. The Hall–Kier alpha value is -3.19. The molecular formula is C21H21N3O3S. The van der Waals surface area contributed by atoms with Gasteiger partial charge in [0, 0.05) is 30.9 Å². The number of hydrogen-bond donors (Lipinski definition) is 1. The number of anilines is 1. The molecule has 0 aliphatic heterocycles. The number of rotatable bonds is 6.